The summed E-state index contributed by atoms with van der Waals surface area (Å²) in [6.07, 6.45) is 7.99. The van der Waals surface area contributed by atoms with Crippen molar-refractivity contribution < 1.29 is 14.6 Å². The molecule has 1 aromatic carbocycles. The Balaban J connectivity index is 1.83. The first-order valence-corrected chi connectivity index (χ1v) is 5.83. The third-order valence-electron chi connectivity index (χ3n) is 2.48. The van der Waals surface area contributed by atoms with E-state index in [9.17, 15) is 4.79 Å². The van der Waals surface area contributed by atoms with Gasteiger partial charge < -0.3 is 14.4 Å². The summed E-state index contributed by atoms with van der Waals surface area (Å²) in [4.78, 5) is 14.3. The lowest BCUT2D eigenvalue weighted by Crippen LogP contribution is -2.06. The highest BCUT2D eigenvalue weighted by Gasteiger charge is 1.95. The summed E-state index contributed by atoms with van der Waals surface area (Å²) in [5.41, 5.74) is 0.823. The number of hydrogen-bond acceptors (Lipinski definition) is 3. The highest BCUT2D eigenvalue weighted by molar-refractivity contribution is 5.85. The van der Waals surface area contributed by atoms with Gasteiger partial charge in [0.15, 0.2) is 0 Å². The molecule has 1 aromatic heterocycles. The Hall–Kier alpha value is -2.56. The molecule has 0 aliphatic carbocycles. The lowest BCUT2D eigenvalue weighted by Gasteiger charge is -2.06. The summed E-state index contributed by atoms with van der Waals surface area (Å²) in [6.45, 7) is 1.29. The largest absolute Gasteiger partial charge is 0.492 e. The maximum Gasteiger partial charge on any atom is 0.328 e. The van der Waals surface area contributed by atoms with Crippen molar-refractivity contribution in [2.24, 2.45) is 0 Å². The number of benzene rings is 1. The molecular weight excluding hydrogens is 244 g/mol. The number of carbonyl (C=O) groups is 1. The molecule has 0 aliphatic rings. The van der Waals surface area contributed by atoms with E-state index in [1.165, 1.54) is 6.08 Å². The van der Waals surface area contributed by atoms with E-state index in [0.717, 1.165) is 23.9 Å². The van der Waals surface area contributed by atoms with Crippen LogP contribution in [-0.2, 0) is 11.3 Å². The third kappa shape index (κ3) is 4.31. The van der Waals surface area contributed by atoms with Crippen LogP contribution in [0.15, 0.2) is 49.1 Å². The fourth-order valence-corrected chi connectivity index (χ4v) is 1.53. The monoisotopic (exact) mass is 258 g/mol. The molecule has 0 fully saturated rings. The van der Waals surface area contributed by atoms with Gasteiger partial charge in [-0.15, -0.1) is 0 Å². The minimum atomic E-state index is -0.958. The number of aliphatic carboxylic acids is 1. The summed E-state index contributed by atoms with van der Waals surface area (Å²) in [5, 5.41) is 8.52. The Bertz CT molecular complexity index is 545. The first-order chi connectivity index (χ1) is 9.24. The average Bonchev–Trinajstić information content (AvgIpc) is 2.91. The molecule has 98 valence electrons. The molecule has 5 nitrogen and oxygen atoms in total. The minimum absolute atomic E-state index is 0.556. The number of ether oxygens (including phenoxy) is 1. The van der Waals surface area contributed by atoms with Crippen molar-refractivity contribution in [3.8, 4) is 5.75 Å². The standard InChI is InChI=1S/C14H14N2O3/c17-14(18)6-3-12-1-4-13(5-2-12)19-10-9-16-8-7-15-11-16/h1-8,11H,9-10H2,(H,17,18). The lowest BCUT2D eigenvalue weighted by molar-refractivity contribution is -0.131. The van der Waals surface area contributed by atoms with Crippen LogP contribution in [-0.4, -0.2) is 27.2 Å². The molecule has 0 aliphatic heterocycles. The van der Waals surface area contributed by atoms with Crippen LogP contribution in [0.25, 0.3) is 6.08 Å². The Morgan fingerprint density at radius 1 is 1.37 bits per heavy atom. The zero-order valence-corrected chi connectivity index (χ0v) is 10.3. The number of hydrogen-bond donors (Lipinski definition) is 1. The number of aromatic nitrogens is 2. The molecule has 0 atom stereocenters. The molecule has 2 aromatic rings. The number of rotatable bonds is 6. The molecule has 0 spiro atoms. The normalized spacial score (nSPS) is 10.7. The maximum atomic E-state index is 10.4. The first kappa shape index (κ1) is 12.9. The predicted octanol–water partition coefficient (Wildman–Crippen LogP) is 2.06. The van der Waals surface area contributed by atoms with Gasteiger partial charge in [-0.25, -0.2) is 9.78 Å². The zero-order chi connectivity index (χ0) is 13.5. The van der Waals surface area contributed by atoms with E-state index < -0.39 is 5.97 Å². The third-order valence-corrected chi connectivity index (χ3v) is 2.48. The molecule has 1 heterocycles. The molecule has 19 heavy (non-hydrogen) atoms. The summed E-state index contributed by atoms with van der Waals surface area (Å²) in [7, 11) is 0. The van der Waals surface area contributed by atoms with Gasteiger partial charge in [0.1, 0.15) is 12.4 Å². The average molecular weight is 258 g/mol. The fraction of sp³-hybridized carbons (Fsp3) is 0.143. The molecule has 0 unspecified atom stereocenters. The van der Waals surface area contributed by atoms with Crippen molar-refractivity contribution >= 4 is 12.0 Å². The van der Waals surface area contributed by atoms with Gasteiger partial charge in [-0.3, -0.25) is 0 Å². The molecule has 0 radical (unpaired) electrons. The second-order valence-electron chi connectivity index (χ2n) is 3.89. The van der Waals surface area contributed by atoms with Crippen molar-refractivity contribution in [1.82, 2.24) is 9.55 Å². The Morgan fingerprint density at radius 2 is 2.16 bits per heavy atom. The van der Waals surface area contributed by atoms with Crippen molar-refractivity contribution in [1.29, 1.82) is 0 Å². The van der Waals surface area contributed by atoms with Gasteiger partial charge in [-0.1, -0.05) is 12.1 Å². The molecule has 0 saturated heterocycles. The highest BCUT2D eigenvalue weighted by atomic mass is 16.5. The fourth-order valence-electron chi connectivity index (χ4n) is 1.53. The van der Waals surface area contributed by atoms with Crippen LogP contribution in [0.4, 0.5) is 0 Å². The SMILES string of the molecule is O=C(O)C=Cc1ccc(OCCn2ccnc2)cc1. The summed E-state index contributed by atoms with van der Waals surface area (Å²) in [5.74, 6) is -0.201. The Morgan fingerprint density at radius 3 is 2.79 bits per heavy atom. The summed E-state index contributed by atoms with van der Waals surface area (Å²) in [6, 6.07) is 7.25. The van der Waals surface area contributed by atoms with E-state index in [1.54, 1.807) is 12.5 Å². The van der Waals surface area contributed by atoms with Crippen LogP contribution in [0.2, 0.25) is 0 Å². The number of carboxylic acids is 1. The second-order valence-corrected chi connectivity index (χ2v) is 3.89. The topological polar surface area (TPSA) is 64.3 Å². The molecule has 0 amide bonds. The quantitative estimate of drug-likeness (QED) is 0.805. The number of carboxylic acid groups (broad SMARTS) is 1. The van der Waals surface area contributed by atoms with Gasteiger partial charge in [-0.05, 0) is 23.8 Å². The summed E-state index contributed by atoms with van der Waals surface area (Å²) < 4.78 is 7.51. The van der Waals surface area contributed by atoms with Gasteiger partial charge in [-0.2, -0.15) is 0 Å². The predicted molar refractivity (Wildman–Crippen MR) is 70.8 cm³/mol. The second kappa shape index (κ2) is 6.39. The van der Waals surface area contributed by atoms with E-state index in [2.05, 4.69) is 4.98 Å². The van der Waals surface area contributed by atoms with E-state index in [1.807, 2.05) is 35.0 Å². The molecule has 0 saturated carbocycles. The molecule has 5 heteroatoms. The van der Waals surface area contributed by atoms with Crippen LogP contribution in [0.5, 0.6) is 5.75 Å². The van der Waals surface area contributed by atoms with Gasteiger partial charge in [0.25, 0.3) is 0 Å². The van der Waals surface area contributed by atoms with Crippen molar-refractivity contribution in [3.05, 3.63) is 54.6 Å². The van der Waals surface area contributed by atoms with E-state index in [0.29, 0.717) is 6.61 Å². The Kier molecular flexibility index (Phi) is 4.34. The van der Waals surface area contributed by atoms with Crippen LogP contribution in [0.3, 0.4) is 0 Å². The van der Waals surface area contributed by atoms with Crippen LogP contribution < -0.4 is 4.74 Å². The van der Waals surface area contributed by atoms with E-state index in [-0.39, 0.29) is 0 Å². The maximum absolute atomic E-state index is 10.4. The van der Waals surface area contributed by atoms with Crippen LogP contribution >= 0.6 is 0 Å². The highest BCUT2D eigenvalue weighted by Crippen LogP contribution is 2.13. The summed E-state index contributed by atoms with van der Waals surface area (Å²) >= 11 is 0. The van der Waals surface area contributed by atoms with Gasteiger partial charge in [0, 0.05) is 18.5 Å². The van der Waals surface area contributed by atoms with E-state index >= 15 is 0 Å². The van der Waals surface area contributed by atoms with E-state index in [4.69, 9.17) is 9.84 Å². The minimum Gasteiger partial charge on any atom is -0.492 e. The van der Waals surface area contributed by atoms with Crippen molar-refractivity contribution in [2.75, 3.05) is 6.61 Å². The van der Waals surface area contributed by atoms with Gasteiger partial charge in [0.2, 0.25) is 0 Å². The molecule has 0 bridgehead atoms. The van der Waals surface area contributed by atoms with Gasteiger partial charge >= 0.3 is 5.97 Å². The first-order valence-electron chi connectivity index (χ1n) is 5.83. The molecular formula is C14H14N2O3. The van der Waals surface area contributed by atoms with Crippen LogP contribution in [0.1, 0.15) is 5.56 Å². The number of imidazole rings is 1. The Labute approximate surface area is 110 Å². The molecule has 1 N–H and O–H groups in total. The smallest absolute Gasteiger partial charge is 0.328 e. The van der Waals surface area contributed by atoms with Crippen molar-refractivity contribution in [3.63, 3.8) is 0 Å². The van der Waals surface area contributed by atoms with Crippen molar-refractivity contribution in [2.45, 2.75) is 6.54 Å². The van der Waals surface area contributed by atoms with Gasteiger partial charge in [0.05, 0.1) is 12.9 Å². The lowest BCUT2D eigenvalue weighted by atomic mass is 10.2. The zero-order valence-electron chi connectivity index (χ0n) is 10.3. The molecule has 2 rings (SSSR count). The van der Waals surface area contributed by atoms with Crippen LogP contribution in [0, 0.1) is 0 Å². The number of nitrogens with zero attached hydrogens (tertiary/aromatic N) is 2.